The summed E-state index contributed by atoms with van der Waals surface area (Å²) in [6.45, 7) is 0. The first-order valence-electron chi connectivity index (χ1n) is 7.67. The van der Waals surface area contributed by atoms with Gasteiger partial charge in [0, 0.05) is 23.0 Å². The van der Waals surface area contributed by atoms with Crippen LogP contribution in [0.2, 0.25) is 0 Å². The largest absolute Gasteiger partial charge is 0.310 e. The Kier molecular flexibility index (Phi) is 3.49. The van der Waals surface area contributed by atoms with Crippen molar-refractivity contribution < 1.29 is 0 Å². The predicted octanol–water partition coefficient (Wildman–Crippen LogP) is 5.70. The minimum atomic E-state index is 1.00. The lowest BCUT2D eigenvalue weighted by atomic mass is 10.1. The molecule has 0 radical (unpaired) electrons. The highest BCUT2D eigenvalue weighted by Crippen LogP contribution is 2.37. The van der Waals surface area contributed by atoms with E-state index < -0.39 is 0 Å². The summed E-state index contributed by atoms with van der Waals surface area (Å²) < 4.78 is 0. The van der Waals surface area contributed by atoms with Crippen LogP contribution in [0.3, 0.4) is 0 Å². The maximum atomic E-state index is 4.48. The Morgan fingerprint density at radius 1 is 0.565 bits per heavy atom. The summed E-state index contributed by atoms with van der Waals surface area (Å²) in [5, 5.41) is 1.14. The van der Waals surface area contributed by atoms with E-state index in [4.69, 9.17) is 0 Å². The molecule has 2 nitrogen and oxygen atoms in total. The molecule has 2 heteroatoms. The van der Waals surface area contributed by atoms with Gasteiger partial charge in [0.25, 0.3) is 0 Å². The van der Waals surface area contributed by atoms with Gasteiger partial charge < -0.3 is 4.90 Å². The molecule has 1 heterocycles. The molecule has 0 aliphatic heterocycles. The van der Waals surface area contributed by atoms with Gasteiger partial charge in [-0.25, -0.2) is 0 Å². The van der Waals surface area contributed by atoms with Gasteiger partial charge in [0.1, 0.15) is 0 Å². The van der Waals surface area contributed by atoms with Gasteiger partial charge in [0.15, 0.2) is 0 Å². The summed E-state index contributed by atoms with van der Waals surface area (Å²) in [7, 11) is 0. The van der Waals surface area contributed by atoms with Crippen LogP contribution in [-0.2, 0) is 0 Å². The molecular weight excluding hydrogens is 280 g/mol. The van der Waals surface area contributed by atoms with Crippen molar-refractivity contribution in [1.29, 1.82) is 0 Å². The van der Waals surface area contributed by atoms with Crippen LogP contribution < -0.4 is 4.90 Å². The summed E-state index contributed by atoms with van der Waals surface area (Å²) in [5.41, 5.74) is 4.40. The average Bonchev–Trinajstić information content (AvgIpc) is 2.64. The van der Waals surface area contributed by atoms with Crippen LogP contribution in [0.25, 0.3) is 10.9 Å². The second-order valence-corrected chi connectivity index (χ2v) is 5.35. The minimum absolute atomic E-state index is 1.00. The lowest BCUT2D eigenvalue weighted by molar-refractivity contribution is 1.28. The van der Waals surface area contributed by atoms with Gasteiger partial charge >= 0.3 is 0 Å². The predicted molar refractivity (Wildman–Crippen MR) is 96.4 cm³/mol. The Morgan fingerprint density at radius 3 is 1.78 bits per heavy atom. The van der Waals surface area contributed by atoms with E-state index in [1.807, 2.05) is 30.5 Å². The van der Waals surface area contributed by atoms with Gasteiger partial charge in [-0.05, 0) is 36.4 Å². The van der Waals surface area contributed by atoms with E-state index in [1.165, 1.54) is 0 Å². The fourth-order valence-electron chi connectivity index (χ4n) is 2.86. The molecule has 0 amide bonds. The minimum Gasteiger partial charge on any atom is -0.310 e. The smallest absolute Gasteiger partial charge is 0.0723 e. The fourth-order valence-corrected chi connectivity index (χ4v) is 2.86. The molecule has 0 unspecified atom stereocenters. The second kappa shape index (κ2) is 5.93. The summed E-state index contributed by atoms with van der Waals surface area (Å²) in [4.78, 5) is 6.75. The van der Waals surface area contributed by atoms with Gasteiger partial charge in [-0.3, -0.25) is 4.98 Å². The van der Waals surface area contributed by atoms with Crippen molar-refractivity contribution in [3.63, 3.8) is 0 Å². The molecule has 0 saturated heterocycles. The van der Waals surface area contributed by atoms with Crippen molar-refractivity contribution in [2.75, 3.05) is 4.90 Å². The zero-order valence-electron chi connectivity index (χ0n) is 12.6. The number of benzene rings is 3. The number of hydrogen-bond donors (Lipinski definition) is 0. The van der Waals surface area contributed by atoms with E-state index in [9.17, 15) is 0 Å². The maximum Gasteiger partial charge on any atom is 0.0723 e. The van der Waals surface area contributed by atoms with Gasteiger partial charge in [-0.15, -0.1) is 0 Å². The number of anilines is 3. The Hall–Kier alpha value is -3.13. The van der Waals surface area contributed by atoms with Crippen molar-refractivity contribution in [3.8, 4) is 0 Å². The van der Waals surface area contributed by atoms with Crippen LogP contribution in [0.4, 0.5) is 17.1 Å². The molecule has 3 aromatic carbocycles. The standard InChI is InChI=1S/C21H16N2/c1-3-9-17(10-4-1)23(18-11-5-2-6-12-18)21-15-16-22-20-14-8-7-13-19(20)21/h1-16H. The van der Waals surface area contributed by atoms with E-state index in [0.717, 1.165) is 28.0 Å². The Labute approximate surface area is 135 Å². The quantitative estimate of drug-likeness (QED) is 0.482. The Balaban J connectivity index is 1.98. The molecular formula is C21H16N2. The molecule has 1 aromatic heterocycles. The number of para-hydroxylation sites is 3. The number of aromatic nitrogens is 1. The summed E-state index contributed by atoms with van der Waals surface area (Å²) in [5.74, 6) is 0. The van der Waals surface area contributed by atoms with Crippen molar-refractivity contribution in [1.82, 2.24) is 4.98 Å². The third-order valence-electron chi connectivity index (χ3n) is 3.90. The van der Waals surface area contributed by atoms with Crippen LogP contribution >= 0.6 is 0 Å². The van der Waals surface area contributed by atoms with Crippen LogP contribution in [-0.4, -0.2) is 4.98 Å². The first-order chi connectivity index (χ1) is 11.4. The lowest BCUT2D eigenvalue weighted by Gasteiger charge is -2.26. The van der Waals surface area contributed by atoms with E-state index in [-0.39, 0.29) is 0 Å². The van der Waals surface area contributed by atoms with E-state index in [2.05, 4.69) is 76.6 Å². The van der Waals surface area contributed by atoms with E-state index in [0.29, 0.717) is 0 Å². The van der Waals surface area contributed by atoms with Crippen LogP contribution in [0.5, 0.6) is 0 Å². The SMILES string of the molecule is c1ccc(N(c2ccccc2)c2ccnc3ccccc23)cc1. The first kappa shape index (κ1) is 13.5. The lowest BCUT2D eigenvalue weighted by Crippen LogP contribution is -2.10. The molecule has 0 fully saturated rings. The van der Waals surface area contributed by atoms with Gasteiger partial charge in [-0.2, -0.15) is 0 Å². The number of hydrogen-bond acceptors (Lipinski definition) is 2. The van der Waals surface area contributed by atoms with E-state index in [1.54, 1.807) is 0 Å². The third-order valence-corrected chi connectivity index (χ3v) is 3.90. The molecule has 0 saturated carbocycles. The molecule has 0 aliphatic carbocycles. The van der Waals surface area contributed by atoms with Crippen molar-refractivity contribution in [2.45, 2.75) is 0 Å². The van der Waals surface area contributed by atoms with Crippen LogP contribution in [0.1, 0.15) is 0 Å². The molecule has 0 N–H and O–H groups in total. The molecule has 110 valence electrons. The molecule has 23 heavy (non-hydrogen) atoms. The summed E-state index contributed by atoms with van der Waals surface area (Å²) >= 11 is 0. The van der Waals surface area contributed by atoms with Crippen molar-refractivity contribution >= 4 is 28.0 Å². The van der Waals surface area contributed by atoms with Crippen molar-refractivity contribution in [2.24, 2.45) is 0 Å². The third kappa shape index (κ3) is 2.55. The molecule has 0 bridgehead atoms. The zero-order valence-corrected chi connectivity index (χ0v) is 12.6. The van der Waals surface area contributed by atoms with Crippen molar-refractivity contribution in [3.05, 3.63) is 97.2 Å². The number of pyridine rings is 1. The zero-order chi connectivity index (χ0) is 15.5. The molecule has 0 spiro atoms. The van der Waals surface area contributed by atoms with Crippen LogP contribution in [0, 0.1) is 0 Å². The highest BCUT2D eigenvalue weighted by Gasteiger charge is 2.14. The topological polar surface area (TPSA) is 16.1 Å². The average molecular weight is 296 g/mol. The fraction of sp³-hybridized carbons (Fsp3) is 0. The highest BCUT2D eigenvalue weighted by molar-refractivity contribution is 5.96. The Morgan fingerprint density at radius 2 is 1.13 bits per heavy atom. The number of nitrogens with zero attached hydrogens (tertiary/aromatic N) is 2. The molecule has 0 aliphatic rings. The van der Waals surface area contributed by atoms with Crippen LogP contribution in [0.15, 0.2) is 97.2 Å². The molecule has 4 aromatic rings. The first-order valence-corrected chi connectivity index (χ1v) is 7.67. The maximum absolute atomic E-state index is 4.48. The Bertz CT molecular complexity index is 873. The van der Waals surface area contributed by atoms with Gasteiger partial charge in [-0.1, -0.05) is 54.6 Å². The summed E-state index contributed by atoms with van der Waals surface area (Å²) in [6, 6.07) is 31.2. The number of rotatable bonds is 3. The van der Waals surface area contributed by atoms with E-state index >= 15 is 0 Å². The summed E-state index contributed by atoms with van der Waals surface area (Å²) in [6.07, 6.45) is 1.87. The molecule has 0 atom stereocenters. The highest BCUT2D eigenvalue weighted by atomic mass is 15.1. The van der Waals surface area contributed by atoms with Gasteiger partial charge in [0.2, 0.25) is 0 Å². The normalized spacial score (nSPS) is 10.6. The monoisotopic (exact) mass is 296 g/mol. The second-order valence-electron chi connectivity index (χ2n) is 5.35. The van der Waals surface area contributed by atoms with Gasteiger partial charge in [0.05, 0.1) is 11.2 Å². The number of fused-ring (bicyclic) bond motifs is 1. The molecule has 4 rings (SSSR count).